The number of allylic oxidation sites excluding steroid dienone is 1. The van der Waals surface area contributed by atoms with Crippen molar-refractivity contribution in [2.24, 2.45) is 11.8 Å². The largest absolute Gasteiger partial charge is 0.455 e. The Morgan fingerprint density at radius 3 is 2.38 bits per heavy atom. The average molecular weight is 658 g/mol. The number of cyclic esters (lactones) is 1. The minimum absolute atomic E-state index is 0.0637. The Morgan fingerprint density at radius 2 is 1.71 bits per heavy atom. The smallest absolute Gasteiger partial charge is 0.313 e. The van der Waals surface area contributed by atoms with Gasteiger partial charge in [0, 0.05) is 26.1 Å². The maximum absolute atomic E-state index is 14.8. The van der Waals surface area contributed by atoms with Gasteiger partial charge in [-0.2, -0.15) is 0 Å². The van der Waals surface area contributed by atoms with Crippen LogP contribution in [0, 0.1) is 11.8 Å². The number of likely N-dealkylation sites (tertiary alicyclic amines) is 1. The predicted octanol–water partition coefficient (Wildman–Crippen LogP) is 2.87. The van der Waals surface area contributed by atoms with Gasteiger partial charge in [-0.05, 0) is 31.4 Å². The van der Waals surface area contributed by atoms with Crippen LogP contribution in [0.4, 0.5) is 0 Å². The van der Waals surface area contributed by atoms with Gasteiger partial charge in [-0.1, -0.05) is 85.0 Å². The molecule has 8 atom stereocenters. The van der Waals surface area contributed by atoms with Gasteiger partial charge < -0.3 is 34.4 Å². The van der Waals surface area contributed by atoms with Crippen molar-refractivity contribution in [3.63, 3.8) is 0 Å². The molecule has 1 spiro atoms. The fourth-order valence-corrected chi connectivity index (χ4v) is 7.65. The molecule has 0 saturated carbocycles. The first-order valence-corrected chi connectivity index (χ1v) is 16.6. The molecular formula is C37H43N3O8. The summed E-state index contributed by atoms with van der Waals surface area (Å²) in [5.74, 6) is -3.92. The summed E-state index contributed by atoms with van der Waals surface area (Å²) in [7, 11) is 1.51. The molecule has 2 N–H and O–H groups in total. The lowest BCUT2D eigenvalue weighted by Gasteiger charge is -2.40. The quantitative estimate of drug-likeness (QED) is 0.343. The Morgan fingerprint density at radius 1 is 1.00 bits per heavy atom. The summed E-state index contributed by atoms with van der Waals surface area (Å²) in [6, 6.07) is 15.1. The summed E-state index contributed by atoms with van der Waals surface area (Å²) in [5.41, 5.74) is -0.164. The van der Waals surface area contributed by atoms with Crippen LogP contribution < -0.4 is 5.32 Å². The molecule has 6 rings (SSSR count). The normalized spacial score (nSPS) is 31.9. The SMILES string of the molecule is COC[C@H]1NC(=O)CC/C=C\CN(C(C)C)C(=O)[C@@H]2N([C@H](CO)c3ccccc3)C(=O)[C@H]3[C@H](C(=O)O[C@@H]1c1ccccc1)[C@@H]1C=C[C@]23O1. The number of amides is 3. The maximum atomic E-state index is 14.8. The number of carbonyl (C=O) groups is 4. The van der Waals surface area contributed by atoms with E-state index in [9.17, 15) is 24.3 Å². The Kier molecular flexibility index (Phi) is 9.82. The van der Waals surface area contributed by atoms with Gasteiger partial charge in [-0.3, -0.25) is 19.2 Å². The van der Waals surface area contributed by atoms with Gasteiger partial charge in [0.2, 0.25) is 17.7 Å². The van der Waals surface area contributed by atoms with Gasteiger partial charge >= 0.3 is 5.97 Å². The van der Waals surface area contributed by atoms with Crippen molar-refractivity contribution in [1.82, 2.24) is 15.1 Å². The topological polar surface area (TPSA) is 135 Å². The highest BCUT2D eigenvalue weighted by atomic mass is 16.6. The van der Waals surface area contributed by atoms with E-state index in [0.29, 0.717) is 17.5 Å². The monoisotopic (exact) mass is 657 g/mol. The van der Waals surface area contributed by atoms with Crippen LogP contribution in [0.3, 0.4) is 0 Å². The van der Waals surface area contributed by atoms with Crippen LogP contribution in [0.15, 0.2) is 85.0 Å². The Balaban J connectivity index is 1.48. The molecule has 0 aliphatic carbocycles. The molecule has 4 heterocycles. The van der Waals surface area contributed by atoms with Crippen LogP contribution >= 0.6 is 0 Å². The van der Waals surface area contributed by atoms with E-state index < -0.39 is 66.3 Å². The predicted molar refractivity (Wildman–Crippen MR) is 175 cm³/mol. The minimum atomic E-state index is -1.46. The number of rotatable bonds is 7. The van der Waals surface area contributed by atoms with Crippen LogP contribution in [0.5, 0.6) is 0 Å². The van der Waals surface area contributed by atoms with E-state index in [4.69, 9.17) is 14.2 Å². The number of ether oxygens (including phenoxy) is 3. The van der Waals surface area contributed by atoms with E-state index in [2.05, 4.69) is 5.32 Å². The van der Waals surface area contributed by atoms with Crippen LogP contribution in [0.1, 0.15) is 50.0 Å². The zero-order chi connectivity index (χ0) is 34.0. The number of aliphatic hydroxyl groups is 1. The Bertz CT molecular complexity index is 1560. The van der Waals surface area contributed by atoms with Crippen LogP contribution in [-0.4, -0.2) is 95.3 Å². The van der Waals surface area contributed by atoms with Crippen molar-refractivity contribution in [2.75, 3.05) is 26.9 Å². The number of esters is 1. The molecule has 4 aliphatic rings. The highest BCUT2D eigenvalue weighted by Crippen LogP contribution is 2.57. The zero-order valence-electron chi connectivity index (χ0n) is 27.4. The first kappa shape index (κ1) is 33.6. The molecule has 2 aromatic carbocycles. The molecule has 4 aliphatic heterocycles. The van der Waals surface area contributed by atoms with Crippen LogP contribution in [0.25, 0.3) is 0 Å². The van der Waals surface area contributed by atoms with Crippen molar-refractivity contribution >= 4 is 23.7 Å². The van der Waals surface area contributed by atoms with Crippen molar-refractivity contribution in [2.45, 2.75) is 68.7 Å². The third-order valence-electron chi connectivity index (χ3n) is 9.85. The van der Waals surface area contributed by atoms with Gasteiger partial charge in [0.15, 0.2) is 0 Å². The van der Waals surface area contributed by atoms with Gasteiger partial charge in [0.05, 0.1) is 37.3 Å². The molecule has 3 amide bonds. The number of nitrogens with zero attached hydrogens (tertiary/aromatic N) is 2. The van der Waals surface area contributed by atoms with E-state index >= 15 is 0 Å². The zero-order valence-corrected chi connectivity index (χ0v) is 27.4. The number of fused-ring (bicyclic) bond motifs is 2. The van der Waals surface area contributed by atoms with E-state index in [1.54, 1.807) is 41.3 Å². The van der Waals surface area contributed by atoms with Gasteiger partial charge in [0.25, 0.3) is 0 Å². The number of nitrogens with one attached hydrogen (secondary N) is 1. The molecule has 11 heteroatoms. The molecule has 48 heavy (non-hydrogen) atoms. The third-order valence-corrected chi connectivity index (χ3v) is 9.85. The molecule has 2 fully saturated rings. The maximum Gasteiger partial charge on any atom is 0.313 e. The first-order valence-electron chi connectivity index (χ1n) is 16.6. The fourth-order valence-electron chi connectivity index (χ4n) is 7.65. The minimum Gasteiger partial charge on any atom is -0.455 e. The molecule has 2 saturated heterocycles. The van der Waals surface area contributed by atoms with E-state index in [1.807, 2.05) is 62.4 Å². The van der Waals surface area contributed by atoms with E-state index in [1.165, 1.54) is 12.0 Å². The number of methoxy groups -OCH3 is 1. The molecular weight excluding hydrogens is 614 g/mol. The highest BCUT2D eigenvalue weighted by Gasteiger charge is 2.74. The second-order valence-electron chi connectivity index (χ2n) is 13.0. The average Bonchev–Trinajstić information content (AvgIpc) is 3.73. The van der Waals surface area contributed by atoms with Crippen molar-refractivity contribution in [3.8, 4) is 0 Å². The standard InChI is InChI=1S/C37H43N3O8/c1-23(2)39-20-12-6-11-17-29(42)38-26(22-46-3)32(25-15-9-5-10-16-25)47-36(45)30-28-18-19-37(48-28)31(30)34(43)40(33(37)35(39)44)27(21-41)24-13-7-4-8-14-24/h4-10,12-16,18-19,23,26-28,30-33,41H,11,17,20-22H2,1-3H3,(H,38,42)/b12-6-/t26-,27-,28+,30-,31-,32-,33+,37-/m1/s1. The first-order chi connectivity index (χ1) is 23.2. The second kappa shape index (κ2) is 14.0. The Labute approximate surface area is 280 Å². The summed E-state index contributed by atoms with van der Waals surface area (Å²) >= 11 is 0. The summed E-state index contributed by atoms with van der Waals surface area (Å²) in [6.45, 7) is 3.63. The number of aliphatic hydroxyl groups excluding tert-OH is 1. The number of carbonyl (C=O) groups excluding carboxylic acids is 4. The summed E-state index contributed by atoms with van der Waals surface area (Å²) < 4.78 is 18.3. The number of hydrogen-bond acceptors (Lipinski definition) is 8. The molecule has 0 radical (unpaired) electrons. The molecule has 2 aromatic rings. The summed E-state index contributed by atoms with van der Waals surface area (Å²) in [4.78, 5) is 60.1. The summed E-state index contributed by atoms with van der Waals surface area (Å²) in [5, 5.41) is 13.8. The second-order valence-corrected chi connectivity index (χ2v) is 13.0. The van der Waals surface area contributed by atoms with E-state index in [0.717, 1.165) is 0 Å². The number of hydrogen-bond donors (Lipinski definition) is 2. The van der Waals surface area contributed by atoms with Crippen molar-refractivity contribution in [3.05, 3.63) is 96.1 Å². The molecule has 254 valence electrons. The van der Waals surface area contributed by atoms with Gasteiger partial charge in [-0.15, -0.1) is 0 Å². The van der Waals surface area contributed by atoms with Crippen molar-refractivity contribution < 1.29 is 38.5 Å². The lowest BCUT2D eigenvalue weighted by atomic mass is 9.74. The summed E-state index contributed by atoms with van der Waals surface area (Å²) in [6.07, 6.45) is 6.01. The van der Waals surface area contributed by atoms with Gasteiger partial charge in [0.1, 0.15) is 23.7 Å². The van der Waals surface area contributed by atoms with Crippen LogP contribution in [-0.2, 0) is 33.4 Å². The Hall–Kier alpha value is -4.32. The highest BCUT2D eigenvalue weighted by molar-refractivity contribution is 5.99. The van der Waals surface area contributed by atoms with Gasteiger partial charge in [-0.25, -0.2) is 0 Å². The van der Waals surface area contributed by atoms with Crippen molar-refractivity contribution in [1.29, 1.82) is 0 Å². The van der Waals surface area contributed by atoms with Crippen LogP contribution in [0.2, 0.25) is 0 Å². The third kappa shape index (κ3) is 5.95. The fraction of sp³-hybridized carbons (Fsp3) is 0.459. The molecule has 0 aromatic heterocycles. The molecule has 11 nitrogen and oxygen atoms in total. The molecule has 5 bridgehead atoms. The van der Waals surface area contributed by atoms with E-state index in [-0.39, 0.29) is 37.4 Å². The molecule has 0 unspecified atom stereocenters. The lowest BCUT2D eigenvalue weighted by molar-refractivity contribution is -0.163. The number of benzene rings is 2. The lowest BCUT2D eigenvalue weighted by Crippen LogP contribution is -2.58.